The minimum Gasteiger partial charge on any atom is -0.396 e. The molecule has 0 radical (unpaired) electrons. The molecule has 3 atom stereocenters. The Kier molecular flexibility index (Phi) is 2.93. The first-order chi connectivity index (χ1) is 8.70. The molecule has 1 aliphatic rings. The first-order valence-corrected chi connectivity index (χ1v) is 6.20. The van der Waals surface area contributed by atoms with Crippen molar-refractivity contribution in [2.45, 2.75) is 25.0 Å². The maximum absolute atomic E-state index is 9.83. The third-order valence-corrected chi connectivity index (χ3v) is 3.85. The standard InChI is InChI=1S/C11H13ClN4O2/c12-10-9-11(14-4-13-10)16(5-15-9)7-1-6(3-17)8(18)2-7/h4-8,17-18H,1-3H2/t6?,7-,8?/m1/s1. The molecule has 0 bridgehead atoms. The van der Waals surface area contributed by atoms with Crippen molar-refractivity contribution >= 4 is 22.8 Å². The van der Waals surface area contributed by atoms with Gasteiger partial charge in [0.25, 0.3) is 0 Å². The predicted octanol–water partition coefficient (Wildman–Crippen LogP) is 0.784. The molecular formula is C11H13ClN4O2. The van der Waals surface area contributed by atoms with Gasteiger partial charge in [0, 0.05) is 18.6 Å². The van der Waals surface area contributed by atoms with Gasteiger partial charge in [-0.2, -0.15) is 0 Å². The number of rotatable bonds is 2. The molecule has 0 aliphatic heterocycles. The normalized spacial score (nSPS) is 28.1. The van der Waals surface area contributed by atoms with Crippen LogP contribution < -0.4 is 0 Å². The number of hydrogen-bond donors (Lipinski definition) is 2. The zero-order valence-corrected chi connectivity index (χ0v) is 10.3. The molecule has 2 heterocycles. The lowest BCUT2D eigenvalue weighted by atomic mass is 10.1. The monoisotopic (exact) mass is 268 g/mol. The van der Waals surface area contributed by atoms with Crippen LogP contribution >= 0.6 is 11.6 Å². The van der Waals surface area contributed by atoms with E-state index in [1.54, 1.807) is 6.33 Å². The third kappa shape index (κ3) is 1.77. The van der Waals surface area contributed by atoms with Crippen molar-refractivity contribution in [3.05, 3.63) is 17.8 Å². The molecule has 6 nitrogen and oxygen atoms in total. The van der Waals surface area contributed by atoms with Crippen LogP contribution in [0.1, 0.15) is 18.9 Å². The highest BCUT2D eigenvalue weighted by Gasteiger charge is 2.34. The van der Waals surface area contributed by atoms with Gasteiger partial charge in [-0.25, -0.2) is 15.0 Å². The van der Waals surface area contributed by atoms with Gasteiger partial charge in [-0.15, -0.1) is 0 Å². The zero-order chi connectivity index (χ0) is 12.7. The molecular weight excluding hydrogens is 256 g/mol. The van der Waals surface area contributed by atoms with E-state index in [1.807, 2.05) is 4.57 Å². The smallest absolute Gasteiger partial charge is 0.165 e. The molecule has 3 rings (SSSR count). The van der Waals surface area contributed by atoms with Crippen molar-refractivity contribution in [2.24, 2.45) is 5.92 Å². The highest BCUT2D eigenvalue weighted by atomic mass is 35.5. The van der Waals surface area contributed by atoms with E-state index in [9.17, 15) is 10.2 Å². The molecule has 18 heavy (non-hydrogen) atoms. The lowest BCUT2D eigenvalue weighted by Gasteiger charge is -2.11. The third-order valence-electron chi connectivity index (χ3n) is 3.57. The maximum Gasteiger partial charge on any atom is 0.165 e. The summed E-state index contributed by atoms with van der Waals surface area (Å²) in [6.45, 7) is 0.0000364. The minimum atomic E-state index is -0.477. The Morgan fingerprint density at radius 3 is 2.89 bits per heavy atom. The number of nitrogens with zero attached hydrogens (tertiary/aromatic N) is 4. The number of imidazole rings is 1. The highest BCUT2D eigenvalue weighted by Crippen LogP contribution is 2.36. The Labute approximate surface area is 108 Å². The summed E-state index contributed by atoms with van der Waals surface area (Å²) in [5, 5.41) is 19.3. The summed E-state index contributed by atoms with van der Waals surface area (Å²) in [5.41, 5.74) is 1.24. The topological polar surface area (TPSA) is 84.1 Å². The molecule has 2 aromatic rings. The number of aromatic nitrogens is 4. The van der Waals surface area contributed by atoms with Crippen LogP contribution in [0.4, 0.5) is 0 Å². The van der Waals surface area contributed by atoms with E-state index in [0.29, 0.717) is 29.2 Å². The molecule has 2 aromatic heterocycles. The largest absolute Gasteiger partial charge is 0.396 e. The van der Waals surface area contributed by atoms with Crippen LogP contribution in [-0.2, 0) is 0 Å². The summed E-state index contributed by atoms with van der Waals surface area (Å²) in [6.07, 6.45) is 3.90. The summed E-state index contributed by atoms with van der Waals surface area (Å²) in [5.74, 6) is -0.0789. The van der Waals surface area contributed by atoms with Crippen molar-refractivity contribution in [1.29, 1.82) is 0 Å². The predicted molar refractivity (Wildman–Crippen MR) is 65.2 cm³/mol. The van der Waals surface area contributed by atoms with Crippen LogP contribution in [0, 0.1) is 5.92 Å². The number of aliphatic hydroxyl groups excluding tert-OH is 2. The summed E-state index contributed by atoms with van der Waals surface area (Å²) < 4.78 is 1.90. The molecule has 0 amide bonds. The van der Waals surface area contributed by atoms with Crippen LogP contribution in [0.3, 0.4) is 0 Å². The minimum absolute atomic E-state index is 0.0000364. The Balaban J connectivity index is 1.99. The van der Waals surface area contributed by atoms with Crippen LogP contribution in [0.25, 0.3) is 11.2 Å². The fourth-order valence-electron chi connectivity index (χ4n) is 2.59. The van der Waals surface area contributed by atoms with Gasteiger partial charge < -0.3 is 14.8 Å². The average molecular weight is 269 g/mol. The van der Waals surface area contributed by atoms with Crippen molar-refractivity contribution < 1.29 is 10.2 Å². The Morgan fingerprint density at radius 2 is 2.17 bits per heavy atom. The van der Waals surface area contributed by atoms with Crippen molar-refractivity contribution in [1.82, 2.24) is 19.5 Å². The molecule has 1 aliphatic carbocycles. The summed E-state index contributed by atoms with van der Waals surface area (Å²) in [6, 6.07) is 0.0908. The van der Waals surface area contributed by atoms with E-state index in [0.717, 1.165) is 0 Å². The van der Waals surface area contributed by atoms with E-state index in [-0.39, 0.29) is 18.6 Å². The van der Waals surface area contributed by atoms with Gasteiger partial charge in [0.05, 0.1) is 12.4 Å². The number of halogens is 1. The zero-order valence-electron chi connectivity index (χ0n) is 9.57. The number of hydrogen-bond acceptors (Lipinski definition) is 5. The molecule has 1 fully saturated rings. The van der Waals surface area contributed by atoms with Crippen molar-refractivity contribution in [2.75, 3.05) is 6.61 Å². The molecule has 1 saturated carbocycles. The van der Waals surface area contributed by atoms with Crippen LogP contribution in [-0.4, -0.2) is 42.4 Å². The fraction of sp³-hybridized carbons (Fsp3) is 0.545. The average Bonchev–Trinajstić information content (AvgIpc) is 2.93. The molecule has 2 unspecified atom stereocenters. The van der Waals surface area contributed by atoms with Gasteiger partial charge in [0.15, 0.2) is 10.8 Å². The second kappa shape index (κ2) is 4.46. The van der Waals surface area contributed by atoms with E-state index in [2.05, 4.69) is 15.0 Å². The Morgan fingerprint density at radius 1 is 1.33 bits per heavy atom. The second-order valence-electron chi connectivity index (χ2n) is 4.62. The van der Waals surface area contributed by atoms with E-state index in [4.69, 9.17) is 11.6 Å². The highest BCUT2D eigenvalue weighted by molar-refractivity contribution is 6.33. The van der Waals surface area contributed by atoms with Gasteiger partial charge in [0.2, 0.25) is 0 Å². The Bertz CT molecular complexity index is 573. The van der Waals surface area contributed by atoms with Crippen LogP contribution in [0.2, 0.25) is 5.15 Å². The van der Waals surface area contributed by atoms with Crippen molar-refractivity contribution in [3.63, 3.8) is 0 Å². The van der Waals surface area contributed by atoms with Crippen molar-refractivity contribution in [3.8, 4) is 0 Å². The van der Waals surface area contributed by atoms with Crippen LogP contribution in [0.15, 0.2) is 12.7 Å². The Hall–Kier alpha value is -1.24. The molecule has 0 spiro atoms. The first kappa shape index (κ1) is 11.8. The quantitative estimate of drug-likeness (QED) is 0.787. The molecule has 0 aromatic carbocycles. The lowest BCUT2D eigenvalue weighted by Crippen LogP contribution is -2.16. The number of aliphatic hydroxyl groups is 2. The van der Waals surface area contributed by atoms with E-state index in [1.165, 1.54) is 6.33 Å². The van der Waals surface area contributed by atoms with E-state index >= 15 is 0 Å². The molecule has 96 valence electrons. The summed E-state index contributed by atoms with van der Waals surface area (Å²) in [4.78, 5) is 12.3. The van der Waals surface area contributed by atoms with E-state index < -0.39 is 6.10 Å². The lowest BCUT2D eigenvalue weighted by molar-refractivity contribution is 0.0906. The van der Waals surface area contributed by atoms with Gasteiger partial charge in [-0.3, -0.25) is 0 Å². The summed E-state index contributed by atoms with van der Waals surface area (Å²) in [7, 11) is 0. The van der Waals surface area contributed by atoms with Gasteiger partial charge in [-0.05, 0) is 12.8 Å². The van der Waals surface area contributed by atoms with Gasteiger partial charge in [-0.1, -0.05) is 11.6 Å². The summed E-state index contributed by atoms with van der Waals surface area (Å²) >= 11 is 5.95. The SMILES string of the molecule is OCC1C[C@@H](n2cnc3c(Cl)ncnc32)CC1O. The maximum atomic E-state index is 9.83. The van der Waals surface area contributed by atoms with Gasteiger partial charge in [0.1, 0.15) is 11.8 Å². The second-order valence-corrected chi connectivity index (χ2v) is 4.98. The molecule has 0 saturated heterocycles. The fourth-order valence-corrected chi connectivity index (χ4v) is 2.76. The first-order valence-electron chi connectivity index (χ1n) is 5.82. The number of fused-ring (bicyclic) bond motifs is 1. The molecule has 7 heteroatoms. The van der Waals surface area contributed by atoms with Crippen LogP contribution in [0.5, 0.6) is 0 Å². The molecule has 2 N–H and O–H groups in total. The van der Waals surface area contributed by atoms with Gasteiger partial charge >= 0.3 is 0 Å².